The summed E-state index contributed by atoms with van der Waals surface area (Å²) < 4.78 is 5.56. The SMILES string of the molecule is CCOc1ccc(N2C[C@H]3CN(C(=O)CCC#N)C[C@@H]2C(C)C3C)cc1. The third-order valence-electron chi connectivity index (χ3n) is 6.16. The minimum Gasteiger partial charge on any atom is -0.494 e. The summed E-state index contributed by atoms with van der Waals surface area (Å²) in [6.07, 6.45) is 0.639. The molecule has 3 saturated heterocycles. The van der Waals surface area contributed by atoms with Crippen LogP contribution in [0.5, 0.6) is 5.75 Å². The topological polar surface area (TPSA) is 56.6 Å². The fourth-order valence-corrected chi connectivity index (χ4v) is 4.41. The second-order valence-electron chi connectivity index (χ2n) is 7.58. The highest BCUT2D eigenvalue weighted by Crippen LogP contribution is 2.39. The standard InChI is InChI=1S/C21H29N3O2/c1-4-26-19-9-7-18(8-10-19)24-13-17-12-23(21(25)6-5-11-22)14-20(24)16(3)15(17)2/h7-10,15-17,20H,4-6,12-14H2,1-3H3/t15?,16?,17-,20-/m1/s1. The number of carbonyl (C=O) groups is 1. The maximum atomic E-state index is 12.5. The number of fused-ring (bicyclic) bond motifs is 4. The smallest absolute Gasteiger partial charge is 0.223 e. The van der Waals surface area contributed by atoms with Crippen LogP contribution >= 0.6 is 0 Å². The summed E-state index contributed by atoms with van der Waals surface area (Å²) in [7, 11) is 0. The average Bonchev–Trinajstić information content (AvgIpc) is 2.92. The summed E-state index contributed by atoms with van der Waals surface area (Å²) in [5, 5.41) is 8.78. The second-order valence-corrected chi connectivity index (χ2v) is 7.58. The van der Waals surface area contributed by atoms with Gasteiger partial charge in [-0.3, -0.25) is 4.79 Å². The van der Waals surface area contributed by atoms with Gasteiger partial charge in [-0.1, -0.05) is 13.8 Å². The van der Waals surface area contributed by atoms with Crippen molar-refractivity contribution in [2.75, 3.05) is 31.1 Å². The van der Waals surface area contributed by atoms with Crippen LogP contribution in [0, 0.1) is 29.1 Å². The molecule has 1 aromatic rings. The Morgan fingerprint density at radius 1 is 1.19 bits per heavy atom. The van der Waals surface area contributed by atoms with Gasteiger partial charge in [-0.15, -0.1) is 0 Å². The van der Waals surface area contributed by atoms with Gasteiger partial charge < -0.3 is 14.5 Å². The van der Waals surface area contributed by atoms with Gasteiger partial charge in [-0.25, -0.2) is 0 Å². The van der Waals surface area contributed by atoms with Gasteiger partial charge in [-0.05, 0) is 48.9 Å². The summed E-state index contributed by atoms with van der Waals surface area (Å²) in [4.78, 5) is 17.0. The number of piperidine rings is 1. The van der Waals surface area contributed by atoms with E-state index < -0.39 is 0 Å². The molecule has 2 bridgehead atoms. The highest BCUT2D eigenvalue weighted by atomic mass is 16.5. The summed E-state index contributed by atoms with van der Waals surface area (Å²) in [6, 6.07) is 10.7. The first-order valence-electron chi connectivity index (χ1n) is 9.69. The lowest BCUT2D eigenvalue weighted by Crippen LogP contribution is -2.52. The summed E-state index contributed by atoms with van der Waals surface area (Å²) in [5.74, 6) is 2.59. The van der Waals surface area contributed by atoms with Crippen LogP contribution in [-0.2, 0) is 4.79 Å². The molecule has 5 nitrogen and oxygen atoms in total. The maximum Gasteiger partial charge on any atom is 0.223 e. The molecular weight excluding hydrogens is 326 g/mol. The molecule has 4 atom stereocenters. The number of amides is 1. The van der Waals surface area contributed by atoms with Gasteiger partial charge in [0.25, 0.3) is 0 Å². The van der Waals surface area contributed by atoms with Crippen molar-refractivity contribution in [3.63, 3.8) is 0 Å². The molecule has 0 radical (unpaired) electrons. The van der Waals surface area contributed by atoms with E-state index >= 15 is 0 Å². The van der Waals surface area contributed by atoms with Crippen molar-refractivity contribution >= 4 is 11.6 Å². The number of nitriles is 1. The molecule has 0 N–H and O–H groups in total. The monoisotopic (exact) mass is 355 g/mol. The Bertz CT molecular complexity index is 667. The first-order chi connectivity index (χ1) is 12.5. The van der Waals surface area contributed by atoms with E-state index in [1.807, 2.05) is 24.0 Å². The van der Waals surface area contributed by atoms with E-state index in [0.29, 0.717) is 43.2 Å². The van der Waals surface area contributed by atoms with E-state index in [0.717, 1.165) is 25.4 Å². The normalized spacial score (nSPS) is 27.8. The molecule has 26 heavy (non-hydrogen) atoms. The lowest BCUT2D eigenvalue weighted by molar-refractivity contribution is -0.131. The van der Waals surface area contributed by atoms with Gasteiger partial charge in [0.15, 0.2) is 0 Å². The summed E-state index contributed by atoms with van der Waals surface area (Å²) >= 11 is 0. The van der Waals surface area contributed by atoms with Gasteiger partial charge >= 0.3 is 0 Å². The van der Waals surface area contributed by atoms with Gasteiger partial charge in [0.2, 0.25) is 5.91 Å². The van der Waals surface area contributed by atoms with Crippen molar-refractivity contribution < 1.29 is 9.53 Å². The third kappa shape index (κ3) is 3.65. The van der Waals surface area contributed by atoms with Crippen molar-refractivity contribution in [3.8, 4) is 11.8 Å². The Hall–Kier alpha value is -2.22. The number of ether oxygens (including phenoxy) is 1. The van der Waals surface area contributed by atoms with Gasteiger partial charge in [-0.2, -0.15) is 5.26 Å². The Kier molecular flexibility index (Phi) is 5.70. The lowest BCUT2D eigenvalue weighted by atomic mass is 9.76. The molecule has 4 rings (SSSR count). The number of rotatable bonds is 5. The predicted molar refractivity (Wildman–Crippen MR) is 102 cm³/mol. The molecule has 1 aromatic carbocycles. The zero-order chi connectivity index (χ0) is 18.7. The van der Waals surface area contributed by atoms with Crippen LogP contribution in [0.4, 0.5) is 5.69 Å². The van der Waals surface area contributed by atoms with Crippen molar-refractivity contribution in [1.29, 1.82) is 5.26 Å². The molecule has 5 heteroatoms. The number of benzene rings is 1. The highest BCUT2D eigenvalue weighted by molar-refractivity contribution is 5.76. The van der Waals surface area contributed by atoms with Crippen LogP contribution in [0.15, 0.2) is 24.3 Å². The van der Waals surface area contributed by atoms with Crippen LogP contribution in [0.2, 0.25) is 0 Å². The molecule has 3 fully saturated rings. The molecule has 3 aliphatic rings. The molecular formula is C21H29N3O2. The first-order valence-corrected chi connectivity index (χ1v) is 9.69. The molecule has 2 unspecified atom stereocenters. The predicted octanol–water partition coefficient (Wildman–Crippen LogP) is 3.31. The van der Waals surface area contributed by atoms with Crippen LogP contribution in [0.25, 0.3) is 0 Å². The van der Waals surface area contributed by atoms with Crippen LogP contribution < -0.4 is 9.64 Å². The van der Waals surface area contributed by atoms with E-state index in [9.17, 15) is 4.79 Å². The van der Waals surface area contributed by atoms with Crippen LogP contribution in [-0.4, -0.2) is 43.1 Å². The van der Waals surface area contributed by atoms with Crippen molar-refractivity contribution in [3.05, 3.63) is 24.3 Å². The Morgan fingerprint density at radius 3 is 2.58 bits per heavy atom. The van der Waals surface area contributed by atoms with Crippen LogP contribution in [0.1, 0.15) is 33.6 Å². The maximum absolute atomic E-state index is 12.5. The molecule has 0 aromatic heterocycles. The lowest BCUT2D eigenvalue weighted by Gasteiger charge is -2.45. The number of hydrogen-bond acceptors (Lipinski definition) is 4. The second kappa shape index (κ2) is 7.99. The number of hydrogen-bond donors (Lipinski definition) is 0. The number of anilines is 1. The van der Waals surface area contributed by atoms with Crippen molar-refractivity contribution in [2.24, 2.45) is 17.8 Å². The fraction of sp³-hybridized carbons (Fsp3) is 0.619. The first kappa shape index (κ1) is 18.6. The van der Waals surface area contributed by atoms with Gasteiger partial charge in [0.05, 0.1) is 12.7 Å². The largest absolute Gasteiger partial charge is 0.494 e. The van der Waals surface area contributed by atoms with E-state index in [1.54, 1.807) is 0 Å². The Labute approximate surface area is 156 Å². The highest BCUT2D eigenvalue weighted by Gasteiger charge is 2.44. The molecule has 3 aliphatic heterocycles. The zero-order valence-electron chi connectivity index (χ0n) is 16.0. The summed E-state index contributed by atoms with van der Waals surface area (Å²) in [5.41, 5.74) is 1.20. The number of carbonyl (C=O) groups excluding carboxylic acids is 1. The minimum absolute atomic E-state index is 0.122. The molecule has 0 saturated carbocycles. The average molecular weight is 355 g/mol. The quantitative estimate of drug-likeness (QED) is 0.813. The summed E-state index contributed by atoms with van der Waals surface area (Å²) in [6.45, 7) is 9.82. The molecule has 3 heterocycles. The molecule has 0 aliphatic carbocycles. The minimum atomic E-state index is 0.122. The van der Waals surface area contributed by atoms with Gasteiger partial charge in [0, 0.05) is 44.2 Å². The van der Waals surface area contributed by atoms with Gasteiger partial charge in [0.1, 0.15) is 5.75 Å². The van der Waals surface area contributed by atoms with E-state index in [4.69, 9.17) is 10.00 Å². The van der Waals surface area contributed by atoms with E-state index in [-0.39, 0.29) is 5.91 Å². The van der Waals surface area contributed by atoms with E-state index in [1.165, 1.54) is 5.69 Å². The van der Waals surface area contributed by atoms with Crippen molar-refractivity contribution in [1.82, 2.24) is 4.90 Å². The van der Waals surface area contributed by atoms with Crippen LogP contribution in [0.3, 0.4) is 0 Å². The Morgan fingerprint density at radius 2 is 1.92 bits per heavy atom. The van der Waals surface area contributed by atoms with Crippen molar-refractivity contribution in [2.45, 2.75) is 39.7 Å². The molecule has 140 valence electrons. The Balaban J connectivity index is 1.81. The van der Waals surface area contributed by atoms with E-state index in [2.05, 4.69) is 36.9 Å². The fourth-order valence-electron chi connectivity index (χ4n) is 4.41. The molecule has 1 amide bonds. The third-order valence-corrected chi connectivity index (χ3v) is 6.16. The molecule has 0 spiro atoms. The number of nitrogens with zero attached hydrogens (tertiary/aromatic N) is 3. The zero-order valence-corrected chi connectivity index (χ0v) is 16.0.